The van der Waals surface area contributed by atoms with E-state index in [1.165, 1.54) is 0 Å². The lowest BCUT2D eigenvalue weighted by Crippen LogP contribution is -2.44. The summed E-state index contributed by atoms with van der Waals surface area (Å²) in [6.07, 6.45) is -2.04. The van der Waals surface area contributed by atoms with Crippen molar-refractivity contribution in [2.24, 2.45) is 11.7 Å². The normalized spacial score (nSPS) is 20.5. The van der Waals surface area contributed by atoms with E-state index in [2.05, 4.69) is 5.32 Å². The van der Waals surface area contributed by atoms with Crippen LogP contribution in [0.25, 0.3) is 0 Å². The zero-order chi connectivity index (χ0) is 18.7. The number of hydrogen-bond donors (Lipinski definition) is 3. The molecule has 2 unspecified atom stereocenters. The van der Waals surface area contributed by atoms with Gasteiger partial charge in [-0.25, -0.2) is 13.1 Å². The third-order valence-corrected chi connectivity index (χ3v) is 5.60. The number of carbonyl (C=O) groups is 1. The van der Waals surface area contributed by atoms with Gasteiger partial charge in [0.2, 0.25) is 15.9 Å². The van der Waals surface area contributed by atoms with Crippen molar-refractivity contribution in [1.29, 1.82) is 0 Å². The topological polar surface area (TPSA) is 101 Å². The van der Waals surface area contributed by atoms with Crippen LogP contribution in [0.4, 0.5) is 13.2 Å². The first-order chi connectivity index (χ1) is 11.6. The molecule has 26 heavy (non-hydrogen) atoms. The second-order valence-electron chi connectivity index (χ2n) is 5.95. The van der Waals surface area contributed by atoms with Crippen molar-refractivity contribution in [3.8, 4) is 0 Å². The predicted molar refractivity (Wildman–Crippen MR) is 92.2 cm³/mol. The van der Waals surface area contributed by atoms with Crippen molar-refractivity contribution < 1.29 is 26.4 Å². The van der Waals surface area contributed by atoms with E-state index >= 15 is 0 Å². The quantitative estimate of drug-likeness (QED) is 0.657. The third-order valence-electron chi connectivity index (χ3n) is 4.20. The summed E-state index contributed by atoms with van der Waals surface area (Å²) in [6.45, 7) is -0.118. The molecule has 2 rings (SSSR count). The van der Waals surface area contributed by atoms with Gasteiger partial charge in [0.15, 0.2) is 0 Å². The van der Waals surface area contributed by atoms with E-state index in [0.29, 0.717) is 12.6 Å². The van der Waals surface area contributed by atoms with Crippen LogP contribution < -0.4 is 15.8 Å². The number of benzene rings is 1. The Morgan fingerprint density at radius 3 is 2.58 bits per heavy atom. The number of carbonyl (C=O) groups excluding carboxylic acids is 1. The Morgan fingerprint density at radius 2 is 1.96 bits per heavy atom. The minimum atomic E-state index is -4.65. The number of alkyl halides is 3. The fourth-order valence-corrected chi connectivity index (χ4v) is 3.88. The Bertz CT molecular complexity index is 728. The van der Waals surface area contributed by atoms with E-state index in [-0.39, 0.29) is 24.4 Å². The van der Waals surface area contributed by atoms with Crippen molar-refractivity contribution >= 4 is 28.3 Å². The van der Waals surface area contributed by atoms with Crippen LogP contribution in [0.3, 0.4) is 0 Å². The number of sulfonamides is 1. The van der Waals surface area contributed by atoms with Crippen LogP contribution in [0.15, 0.2) is 29.2 Å². The Balaban J connectivity index is 0.00000338. The molecule has 1 aliphatic rings. The lowest BCUT2D eigenvalue weighted by Gasteiger charge is -2.19. The lowest BCUT2D eigenvalue weighted by molar-refractivity contribution is -0.137. The van der Waals surface area contributed by atoms with Crippen LogP contribution in [0.2, 0.25) is 0 Å². The van der Waals surface area contributed by atoms with Crippen LogP contribution in [0, 0.1) is 5.92 Å². The molecular weight excluding hydrogens is 395 g/mol. The average Bonchev–Trinajstić information content (AvgIpc) is 2.99. The molecule has 0 spiro atoms. The van der Waals surface area contributed by atoms with Gasteiger partial charge in [-0.2, -0.15) is 13.2 Å². The summed E-state index contributed by atoms with van der Waals surface area (Å²) in [6, 6.07) is 3.25. The molecule has 0 aromatic heterocycles. The molecule has 6 nitrogen and oxygen atoms in total. The molecule has 1 amide bonds. The molecule has 1 aliphatic carbocycles. The monoisotopic (exact) mass is 415 g/mol. The first-order valence-electron chi connectivity index (χ1n) is 7.80. The van der Waals surface area contributed by atoms with Crippen LogP contribution in [0.1, 0.15) is 24.8 Å². The van der Waals surface area contributed by atoms with Crippen LogP contribution in [0.5, 0.6) is 0 Å². The first kappa shape index (κ1) is 22.7. The van der Waals surface area contributed by atoms with Gasteiger partial charge in [0.25, 0.3) is 0 Å². The van der Waals surface area contributed by atoms with Gasteiger partial charge in [-0.05, 0) is 43.5 Å². The van der Waals surface area contributed by atoms with Crippen molar-refractivity contribution in [2.75, 3.05) is 13.1 Å². The summed E-state index contributed by atoms with van der Waals surface area (Å²) in [5.74, 6) is -0.384. The van der Waals surface area contributed by atoms with Gasteiger partial charge in [0.05, 0.1) is 17.0 Å². The minimum absolute atomic E-state index is 0. The standard InChI is InChI=1S/C15H20F3N3O3S.ClH/c16-15(17,18)11-4-2-5-12(7-11)25(23,24)20-9-14(22)21-13-6-1-3-10(13)8-19;/h2,4-5,7,10,13,20H,1,3,6,8-9,19H2,(H,21,22);1H. The summed E-state index contributed by atoms with van der Waals surface area (Å²) in [5, 5.41) is 2.71. The Hall–Kier alpha value is -1.36. The maximum atomic E-state index is 12.7. The molecule has 1 aromatic carbocycles. The van der Waals surface area contributed by atoms with Gasteiger partial charge in [-0.15, -0.1) is 12.4 Å². The second-order valence-corrected chi connectivity index (χ2v) is 7.72. The van der Waals surface area contributed by atoms with E-state index < -0.39 is 39.1 Å². The van der Waals surface area contributed by atoms with Gasteiger partial charge >= 0.3 is 6.18 Å². The fourth-order valence-electron chi connectivity index (χ4n) is 2.85. The fraction of sp³-hybridized carbons (Fsp3) is 0.533. The zero-order valence-electron chi connectivity index (χ0n) is 13.8. The molecule has 0 bridgehead atoms. The SMILES string of the molecule is Cl.NCC1CCCC1NC(=O)CNS(=O)(=O)c1cccc(C(F)(F)F)c1. The number of rotatable bonds is 6. The number of hydrogen-bond acceptors (Lipinski definition) is 4. The largest absolute Gasteiger partial charge is 0.416 e. The molecule has 148 valence electrons. The summed E-state index contributed by atoms with van der Waals surface area (Å²) >= 11 is 0. The van der Waals surface area contributed by atoms with E-state index in [4.69, 9.17) is 5.73 Å². The number of amides is 1. The Kier molecular flexibility index (Phi) is 7.87. The maximum absolute atomic E-state index is 12.7. The summed E-state index contributed by atoms with van der Waals surface area (Å²) in [4.78, 5) is 11.4. The zero-order valence-corrected chi connectivity index (χ0v) is 15.4. The first-order valence-corrected chi connectivity index (χ1v) is 9.28. The highest BCUT2D eigenvalue weighted by Gasteiger charge is 2.32. The van der Waals surface area contributed by atoms with Crippen LogP contribution in [-0.2, 0) is 21.0 Å². The van der Waals surface area contributed by atoms with Gasteiger partial charge in [0.1, 0.15) is 0 Å². The molecule has 0 heterocycles. The average molecular weight is 416 g/mol. The summed E-state index contributed by atoms with van der Waals surface area (Å²) < 4.78 is 64.2. The van der Waals surface area contributed by atoms with Gasteiger partial charge in [-0.1, -0.05) is 12.5 Å². The van der Waals surface area contributed by atoms with Crippen molar-refractivity contribution in [2.45, 2.75) is 36.4 Å². The Morgan fingerprint density at radius 1 is 1.27 bits per heavy atom. The molecule has 1 fully saturated rings. The molecule has 0 saturated heterocycles. The highest BCUT2D eigenvalue weighted by molar-refractivity contribution is 7.89. The van der Waals surface area contributed by atoms with Crippen molar-refractivity contribution in [3.05, 3.63) is 29.8 Å². The third kappa shape index (κ3) is 5.83. The Labute approximate surface area is 156 Å². The van der Waals surface area contributed by atoms with Crippen molar-refractivity contribution in [1.82, 2.24) is 10.0 Å². The van der Waals surface area contributed by atoms with E-state index in [9.17, 15) is 26.4 Å². The number of nitrogens with one attached hydrogen (secondary N) is 2. The predicted octanol–water partition coefficient (Wildman–Crippen LogP) is 1.65. The molecule has 0 aliphatic heterocycles. The molecule has 1 aromatic rings. The van der Waals surface area contributed by atoms with E-state index in [0.717, 1.165) is 37.5 Å². The lowest BCUT2D eigenvalue weighted by atomic mass is 10.0. The minimum Gasteiger partial charge on any atom is -0.352 e. The molecule has 4 N–H and O–H groups in total. The van der Waals surface area contributed by atoms with Crippen LogP contribution >= 0.6 is 12.4 Å². The molecule has 2 atom stereocenters. The van der Waals surface area contributed by atoms with E-state index in [1.54, 1.807) is 0 Å². The molecule has 11 heteroatoms. The number of halogens is 4. The highest BCUT2D eigenvalue weighted by Crippen LogP contribution is 2.30. The summed E-state index contributed by atoms with van der Waals surface area (Å²) in [5.41, 5.74) is 4.54. The van der Waals surface area contributed by atoms with Gasteiger partial charge in [0, 0.05) is 6.04 Å². The second kappa shape index (κ2) is 9.03. The molecular formula is C15H21ClF3N3O3S. The van der Waals surface area contributed by atoms with Crippen LogP contribution in [-0.4, -0.2) is 33.5 Å². The highest BCUT2D eigenvalue weighted by atomic mass is 35.5. The smallest absolute Gasteiger partial charge is 0.352 e. The van der Waals surface area contributed by atoms with Gasteiger partial charge < -0.3 is 11.1 Å². The summed E-state index contributed by atoms with van der Waals surface area (Å²) in [7, 11) is -4.23. The number of nitrogens with two attached hydrogens (primary N) is 1. The molecule has 0 radical (unpaired) electrons. The van der Waals surface area contributed by atoms with Crippen molar-refractivity contribution in [3.63, 3.8) is 0 Å². The molecule has 1 saturated carbocycles. The van der Waals surface area contributed by atoms with E-state index in [1.807, 2.05) is 4.72 Å². The maximum Gasteiger partial charge on any atom is 0.416 e. The van der Waals surface area contributed by atoms with Gasteiger partial charge in [-0.3, -0.25) is 4.79 Å².